The lowest BCUT2D eigenvalue weighted by atomic mass is 10.1. The Labute approximate surface area is 343 Å². The quantitative estimate of drug-likeness (QED) is 0.0234. The topological polar surface area (TPSA) is 155 Å². The van der Waals surface area contributed by atoms with Gasteiger partial charge in [-0.25, -0.2) is 4.57 Å². The first kappa shape index (κ1) is 54.5. The highest BCUT2D eigenvalue weighted by atomic mass is 31.2. The van der Waals surface area contributed by atoms with Crippen molar-refractivity contribution in [3.63, 3.8) is 0 Å². The monoisotopic (exact) mass is 816 g/mol. The van der Waals surface area contributed by atoms with Crippen LogP contribution in [-0.2, 0) is 32.7 Å². The first-order valence-electron chi connectivity index (χ1n) is 22.9. The summed E-state index contributed by atoms with van der Waals surface area (Å²) in [5.74, 6) is -1.78. The Hall–Kier alpha value is -1.55. The Morgan fingerprint density at radius 1 is 0.554 bits per heavy atom. The van der Waals surface area contributed by atoms with E-state index in [0.717, 1.165) is 51.4 Å². The molecule has 0 heterocycles. The van der Waals surface area contributed by atoms with Crippen LogP contribution in [0.3, 0.4) is 0 Å². The molecule has 0 aromatic carbocycles. The maximum absolute atomic E-state index is 12.6. The average molecular weight is 816 g/mol. The molecule has 0 amide bonds. The van der Waals surface area contributed by atoms with E-state index in [0.29, 0.717) is 13.0 Å². The number of ether oxygens (including phenoxy) is 2. The summed E-state index contributed by atoms with van der Waals surface area (Å²) in [6.07, 6.45) is 45.1. The lowest BCUT2D eigenvalue weighted by Crippen LogP contribution is -2.34. The van der Waals surface area contributed by atoms with Gasteiger partial charge in [-0.05, 0) is 64.2 Å². The van der Waals surface area contributed by atoms with Crippen molar-refractivity contribution in [1.82, 2.24) is 0 Å². The Bertz CT molecular complexity index is 993. The first-order chi connectivity index (χ1) is 27.2. The normalized spacial score (nSPS) is 14.1. The van der Waals surface area contributed by atoms with E-state index in [9.17, 15) is 19.0 Å². The minimum Gasteiger partial charge on any atom is -0.480 e. The molecular weight excluding hydrogens is 729 g/mol. The van der Waals surface area contributed by atoms with Gasteiger partial charge in [0, 0.05) is 13.0 Å². The number of unbranched alkanes of at least 4 members (excludes halogenated alkanes) is 26. The highest BCUT2D eigenvalue weighted by molar-refractivity contribution is 7.47. The summed E-state index contributed by atoms with van der Waals surface area (Å²) in [4.78, 5) is 33.5. The van der Waals surface area contributed by atoms with Gasteiger partial charge in [-0.2, -0.15) is 0 Å². The fourth-order valence-corrected chi connectivity index (χ4v) is 7.14. The van der Waals surface area contributed by atoms with Crippen molar-refractivity contribution in [2.75, 3.05) is 26.4 Å². The number of carbonyl (C=O) groups excluding carboxylic acids is 1. The second kappa shape index (κ2) is 41.6. The lowest BCUT2D eigenvalue weighted by molar-refractivity contribution is -0.154. The number of phosphoric acid groups is 1. The Morgan fingerprint density at radius 2 is 0.929 bits per heavy atom. The van der Waals surface area contributed by atoms with Crippen molar-refractivity contribution in [2.45, 2.75) is 225 Å². The second-order valence-corrected chi connectivity index (χ2v) is 17.0. The maximum Gasteiger partial charge on any atom is 0.472 e. The molecule has 0 rings (SSSR count). The molecule has 0 aliphatic carbocycles. The highest BCUT2D eigenvalue weighted by Gasteiger charge is 2.27. The maximum atomic E-state index is 12.6. The van der Waals surface area contributed by atoms with Crippen molar-refractivity contribution in [3.8, 4) is 0 Å². The number of aliphatic carboxylic acids is 1. The predicted molar refractivity (Wildman–Crippen MR) is 231 cm³/mol. The van der Waals surface area contributed by atoms with Crippen molar-refractivity contribution in [1.29, 1.82) is 0 Å². The van der Waals surface area contributed by atoms with Gasteiger partial charge in [-0.15, -0.1) is 0 Å². The summed E-state index contributed by atoms with van der Waals surface area (Å²) in [5, 5.41) is 8.90. The van der Waals surface area contributed by atoms with Crippen molar-refractivity contribution >= 4 is 19.8 Å². The molecule has 0 fully saturated rings. The minimum absolute atomic E-state index is 0.0141. The van der Waals surface area contributed by atoms with E-state index in [1.165, 1.54) is 135 Å². The smallest absolute Gasteiger partial charge is 0.472 e. The molecule has 0 aromatic rings. The van der Waals surface area contributed by atoms with Crippen LogP contribution in [0, 0.1) is 0 Å². The Morgan fingerprint density at radius 3 is 1.36 bits per heavy atom. The largest absolute Gasteiger partial charge is 0.480 e. The number of rotatable bonds is 44. The molecule has 3 unspecified atom stereocenters. The SMILES string of the molecule is CCCCCCCC/C=C\CCCCCCCC(=O)OC(COCCCCCCCCCC/C=C\CCCCCCCCC)COP(=O)(O)OCC(N)C(=O)O. The molecule has 0 aliphatic rings. The van der Waals surface area contributed by atoms with Gasteiger partial charge in [-0.1, -0.05) is 167 Å². The van der Waals surface area contributed by atoms with Crippen LogP contribution >= 0.6 is 7.82 Å². The molecule has 10 nitrogen and oxygen atoms in total. The summed E-state index contributed by atoms with van der Waals surface area (Å²) in [6, 6.07) is -1.47. The van der Waals surface area contributed by atoms with Crippen LogP contribution in [0.25, 0.3) is 0 Å². The van der Waals surface area contributed by atoms with E-state index < -0.39 is 45.1 Å². The zero-order valence-electron chi connectivity index (χ0n) is 36.0. The van der Waals surface area contributed by atoms with Crippen LogP contribution in [0.15, 0.2) is 24.3 Å². The highest BCUT2D eigenvalue weighted by Crippen LogP contribution is 2.43. The van der Waals surface area contributed by atoms with Crippen molar-refractivity contribution in [3.05, 3.63) is 24.3 Å². The zero-order chi connectivity index (χ0) is 41.2. The summed E-state index contributed by atoms with van der Waals surface area (Å²) in [7, 11) is -4.62. The average Bonchev–Trinajstić information content (AvgIpc) is 3.18. The van der Waals surface area contributed by atoms with Gasteiger partial charge in [0.25, 0.3) is 0 Å². The number of carboxylic acid groups (broad SMARTS) is 1. The number of carbonyl (C=O) groups is 2. The Balaban J connectivity index is 4.20. The van der Waals surface area contributed by atoms with Gasteiger partial charge < -0.3 is 25.2 Å². The molecule has 3 atom stereocenters. The zero-order valence-corrected chi connectivity index (χ0v) is 36.9. The standard InChI is InChI=1S/C45H86NO9P/c1-3-5-7-9-11-13-15-17-19-20-21-22-24-26-28-30-32-34-36-38-52-39-42(40-53-56(50,51)54-41-43(46)45(48)49)55-44(47)37-35-33-31-29-27-25-23-18-16-14-12-10-8-6-4-2/h18-20,23,42-43H,3-17,21-22,24-41,46H2,1-2H3,(H,48,49)(H,50,51)/b20-19-,23-18-. The van der Waals surface area contributed by atoms with Gasteiger partial charge in [0.1, 0.15) is 12.1 Å². The fraction of sp³-hybridized carbons (Fsp3) is 0.867. The molecule has 0 saturated heterocycles. The molecule has 330 valence electrons. The van der Waals surface area contributed by atoms with E-state index in [2.05, 4.69) is 38.2 Å². The van der Waals surface area contributed by atoms with E-state index in [1.807, 2.05) is 0 Å². The van der Waals surface area contributed by atoms with Crippen molar-refractivity contribution in [2.24, 2.45) is 5.73 Å². The molecule has 0 saturated carbocycles. The molecule has 4 N–H and O–H groups in total. The Kier molecular flexibility index (Phi) is 40.5. The third-order valence-corrected chi connectivity index (χ3v) is 10.9. The summed E-state index contributed by atoms with van der Waals surface area (Å²) >= 11 is 0. The molecule has 0 aromatic heterocycles. The number of esters is 1. The molecule has 56 heavy (non-hydrogen) atoms. The first-order valence-corrected chi connectivity index (χ1v) is 24.4. The summed E-state index contributed by atoms with van der Waals surface area (Å²) in [6.45, 7) is 3.88. The van der Waals surface area contributed by atoms with Gasteiger partial charge in [-0.3, -0.25) is 18.6 Å². The van der Waals surface area contributed by atoms with Crippen LogP contribution in [0.1, 0.15) is 213 Å². The van der Waals surface area contributed by atoms with E-state index in [1.54, 1.807) is 0 Å². The third-order valence-electron chi connectivity index (χ3n) is 9.95. The number of nitrogens with two attached hydrogens (primary N) is 1. The summed E-state index contributed by atoms with van der Waals surface area (Å²) in [5.41, 5.74) is 5.36. The predicted octanol–water partition coefficient (Wildman–Crippen LogP) is 12.7. The second-order valence-electron chi connectivity index (χ2n) is 15.5. The number of hydrogen-bond donors (Lipinski definition) is 3. The number of hydrogen-bond acceptors (Lipinski definition) is 8. The van der Waals surface area contributed by atoms with Crippen molar-refractivity contribution < 1.29 is 42.7 Å². The molecule has 0 bridgehead atoms. The summed E-state index contributed by atoms with van der Waals surface area (Å²) < 4.78 is 33.4. The number of allylic oxidation sites excluding steroid dienone is 4. The molecular formula is C45H86NO9P. The van der Waals surface area contributed by atoms with Crippen LogP contribution < -0.4 is 5.73 Å². The molecule has 0 radical (unpaired) electrons. The number of carboxylic acids is 1. The van der Waals surface area contributed by atoms with Gasteiger partial charge in [0.15, 0.2) is 0 Å². The number of phosphoric ester groups is 1. The minimum atomic E-state index is -4.62. The van der Waals surface area contributed by atoms with E-state index >= 15 is 0 Å². The lowest BCUT2D eigenvalue weighted by Gasteiger charge is -2.20. The van der Waals surface area contributed by atoms with E-state index in [4.69, 9.17) is 29.4 Å². The molecule has 0 spiro atoms. The van der Waals surface area contributed by atoms with Crippen LogP contribution in [-0.4, -0.2) is 60.5 Å². The van der Waals surface area contributed by atoms with E-state index in [-0.39, 0.29) is 13.0 Å². The van der Waals surface area contributed by atoms with Gasteiger partial charge in [0.2, 0.25) is 0 Å². The third kappa shape index (κ3) is 40.6. The molecule has 0 aliphatic heterocycles. The van der Waals surface area contributed by atoms with Crippen LogP contribution in [0.4, 0.5) is 0 Å². The fourth-order valence-electron chi connectivity index (χ4n) is 6.36. The van der Waals surface area contributed by atoms with Crippen LogP contribution in [0.5, 0.6) is 0 Å². The van der Waals surface area contributed by atoms with Gasteiger partial charge >= 0.3 is 19.8 Å². The van der Waals surface area contributed by atoms with Crippen LogP contribution in [0.2, 0.25) is 0 Å². The molecule has 11 heteroatoms. The van der Waals surface area contributed by atoms with Gasteiger partial charge in [0.05, 0.1) is 19.8 Å².